The van der Waals surface area contributed by atoms with Crippen LogP contribution in [0.5, 0.6) is 0 Å². The summed E-state index contributed by atoms with van der Waals surface area (Å²) in [7, 11) is -2.00. The molecule has 7 rings (SSSR count). The van der Waals surface area contributed by atoms with Crippen LogP contribution >= 0.6 is 11.6 Å². The zero-order chi connectivity index (χ0) is 30.8. The van der Waals surface area contributed by atoms with Crippen molar-refractivity contribution in [2.75, 3.05) is 16.8 Å². The standard InChI is InChI=1S/C34H41ClN6O2Si/c1-34(2,3)44(4,5)43-25-14-29(28-19-40-17-23(21-9-10-21)11-12-31(40)38-28)41(18-25)32-16-30(36-20-37-32)39-33(42)27-15-26(27)22-7-6-8-24(35)13-22/h6-8,11-13,16-17,19-21,25-27,29H,9-10,14-15,18H2,1-5H3,(H,36,37,39,42)/t25?,26-,27+,29-/m1/s1. The van der Waals surface area contributed by atoms with Gasteiger partial charge in [-0.2, -0.15) is 0 Å². The maximum atomic E-state index is 13.2. The molecule has 1 N–H and O–H groups in total. The Bertz CT molecular complexity index is 1710. The Morgan fingerprint density at radius 1 is 1.05 bits per heavy atom. The van der Waals surface area contributed by atoms with Crippen molar-refractivity contribution in [2.24, 2.45) is 5.92 Å². The molecule has 3 fully saturated rings. The number of fused-ring (bicyclic) bond motifs is 1. The molecule has 0 spiro atoms. The van der Waals surface area contributed by atoms with E-state index in [-0.39, 0.29) is 34.9 Å². The molecule has 0 bridgehead atoms. The zero-order valence-electron chi connectivity index (χ0n) is 26.1. The minimum atomic E-state index is -2.00. The summed E-state index contributed by atoms with van der Waals surface area (Å²) in [6.07, 6.45) is 10.2. The summed E-state index contributed by atoms with van der Waals surface area (Å²) >= 11 is 6.19. The molecule has 1 aliphatic heterocycles. The number of hydrogen-bond acceptors (Lipinski definition) is 6. The Labute approximate surface area is 265 Å². The fourth-order valence-electron chi connectivity index (χ4n) is 6.24. The minimum absolute atomic E-state index is 0.0110. The second kappa shape index (κ2) is 11.0. The van der Waals surface area contributed by atoms with Gasteiger partial charge in [-0.15, -0.1) is 0 Å². The van der Waals surface area contributed by atoms with E-state index in [1.54, 1.807) is 0 Å². The number of nitrogens with one attached hydrogen (secondary N) is 1. The third-order valence-electron chi connectivity index (χ3n) is 10.0. The van der Waals surface area contributed by atoms with Gasteiger partial charge in [0.2, 0.25) is 5.91 Å². The first-order valence-electron chi connectivity index (χ1n) is 15.8. The molecule has 4 atom stereocenters. The number of carbonyl (C=O) groups is 1. The molecular weight excluding hydrogens is 588 g/mol. The van der Waals surface area contributed by atoms with Gasteiger partial charge in [-0.25, -0.2) is 15.0 Å². The molecule has 3 aliphatic rings. The third-order valence-corrected chi connectivity index (χ3v) is 14.8. The van der Waals surface area contributed by atoms with Crippen molar-refractivity contribution in [3.8, 4) is 0 Å². The second-order valence-corrected chi connectivity index (χ2v) is 19.5. The number of benzene rings is 1. The van der Waals surface area contributed by atoms with Gasteiger partial charge >= 0.3 is 0 Å². The lowest BCUT2D eigenvalue weighted by Gasteiger charge is -2.38. The van der Waals surface area contributed by atoms with E-state index in [1.807, 2.05) is 30.3 Å². The Balaban J connectivity index is 1.14. The Hall–Kier alpha value is -3.27. The lowest BCUT2D eigenvalue weighted by atomic mass is 10.1. The number of amides is 1. The molecule has 2 saturated carbocycles. The van der Waals surface area contributed by atoms with E-state index in [0.29, 0.717) is 23.3 Å². The summed E-state index contributed by atoms with van der Waals surface area (Å²) in [4.78, 5) is 29.7. The van der Waals surface area contributed by atoms with Crippen molar-refractivity contribution in [1.29, 1.82) is 0 Å². The van der Waals surface area contributed by atoms with E-state index in [0.717, 1.165) is 35.6 Å². The summed E-state index contributed by atoms with van der Waals surface area (Å²) < 4.78 is 9.10. The number of carbonyl (C=O) groups excluding carboxylic acids is 1. The van der Waals surface area contributed by atoms with Gasteiger partial charge in [-0.1, -0.05) is 50.6 Å². The first-order valence-corrected chi connectivity index (χ1v) is 19.1. The minimum Gasteiger partial charge on any atom is -0.412 e. The van der Waals surface area contributed by atoms with Gasteiger partial charge in [0.05, 0.1) is 17.8 Å². The van der Waals surface area contributed by atoms with Crippen LogP contribution in [0.2, 0.25) is 23.2 Å². The van der Waals surface area contributed by atoms with Gasteiger partial charge in [0, 0.05) is 42.4 Å². The average molecular weight is 629 g/mol. The Morgan fingerprint density at radius 2 is 1.86 bits per heavy atom. The first kappa shape index (κ1) is 29.4. The highest BCUT2D eigenvalue weighted by molar-refractivity contribution is 6.74. The molecule has 2 aliphatic carbocycles. The van der Waals surface area contributed by atoms with Crippen LogP contribution in [0.4, 0.5) is 11.6 Å². The van der Waals surface area contributed by atoms with Crippen molar-refractivity contribution in [1.82, 2.24) is 19.4 Å². The van der Waals surface area contributed by atoms with Crippen LogP contribution in [-0.4, -0.2) is 46.2 Å². The van der Waals surface area contributed by atoms with Crippen LogP contribution in [0.25, 0.3) is 5.65 Å². The summed E-state index contributed by atoms with van der Waals surface area (Å²) in [6, 6.07) is 14.0. The van der Waals surface area contributed by atoms with E-state index in [1.165, 1.54) is 24.7 Å². The maximum absolute atomic E-state index is 13.2. The molecule has 3 aromatic heterocycles. The van der Waals surface area contributed by atoms with Gasteiger partial charge in [0.1, 0.15) is 23.6 Å². The summed E-state index contributed by atoms with van der Waals surface area (Å²) in [5.74, 6) is 2.02. The summed E-state index contributed by atoms with van der Waals surface area (Å²) in [5, 5.41) is 3.86. The smallest absolute Gasteiger partial charge is 0.229 e. The number of halogens is 1. The Morgan fingerprint density at radius 3 is 2.61 bits per heavy atom. The Kier molecular flexibility index (Phi) is 7.33. The number of anilines is 2. The van der Waals surface area contributed by atoms with Gasteiger partial charge in [0.25, 0.3) is 0 Å². The topological polar surface area (TPSA) is 84.7 Å². The molecule has 1 aromatic carbocycles. The van der Waals surface area contributed by atoms with Crippen LogP contribution in [0.3, 0.4) is 0 Å². The number of aromatic nitrogens is 4. The number of imidazole rings is 1. The summed E-state index contributed by atoms with van der Waals surface area (Å²) in [5.41, 5.74) is 4.44. The molecule has 8 nitrogen and oxygen atoms in total. The van der Waals surface area contributed by atoms with E-state index < -0.39 is 8.32 Å². The fourth-order valence-corrected chi connectivity index (χ4v) is 7.80. The van der Waals surface area contributed by atoms with Gasteiger partial charge in [0.15, 0.2) is 8.32 Å². The fraction of sp³-hybridized carbons (Fsp3) is 0.471. The number of pyridine rings is 1. The van der Waals surface area contributed by atoms with Crippen molar-refractivity contribution in [2.45, 2.75) is 88.6 Å². The number of hydrogen-bond donors (Lipinski definition) is 1. The molecular formula is C34H41ClN6O2Si. The second-order valence-electron chi connectivity index (χ2n) is 14.3. The van der Waals surface area contributed by atoms with Gasteiger partial charge in [-0.3, -0.25) is 4.79 Å². The van der Waals surface area contributed by atoms with Crippen molar-refractivity contribution >= 4 is 43.1 Å². The molecule has 10 heteroatoms. The van der Waals surface area contributed by atoms with Crippen molar-refractivity contribution < 1.29 is 9.22 Å². The lowest BCUT2D eigenvalue weighted by Crippen LogP contribution is -2.44. The molecule has 230 valence electrons. The largest absolute Gasteiger partial charge is 0.412 e. The predicted octanol–water partition coefficient (Wildman–Crippen LogP) is 7.74. The van der Waals surface area contributed by atoms with E-state index in [4.69, 9.17) is 21.0 Å². The van der Waals surface area contributed by atoms with Gasteiger partial charge < -0.3 is 19.0 Å². The molecule has 1 unspecified atom stereocenters. The van der Waals surface area contributed by atoms with Crippen LogP contribution in [0.1, 0.15) is 81.2 Å². The first-order chi connectivity index (χ1) is 20.9. The molecule has 4 aromatic rings. The van der Waals surface area contributed by atoms with Crippen LogP contribution in [0.15, 0.2) is 61.2 Å². The molecule has 4 heterocycles. The van der Waals surface area contributed by atoms with Crippen LogP contribution in [-0.2, 0) is 9.22 Å². The lowest BCUT2D eigenvalue weighted by molar-refractivity contribution is -0.117. The van der Waals surface area contributed by atoms with Crippen LogP contribution < -0.4 is 10.2 Å². The molecule has 0 radical (unpaired) electrons. The zero-order valence-corrected chi connectivity index (χ0v) is 27.9. The molecule has 1 saturated heterocycles. The molecule has 1 amide bonds. The SMILES string of the molecule is CC(C)(C)[Si](C)(C)OC1C[C@H](c2cn3cc(C4CC4)ccc3n2)N(c2cc(NC(=O)[C@H]3C[C@@H]3c3cccc(Cl)c3)ncn2)C1. The average Bonchev–Trinajstić information content (AvgIpc) is 3.89. The molecule has 44 heavy (non-hydrogen) atoms. The third kappa shape index (κ3) is 5.89. The normalized spacial score (nSPS) is 23.7. The van der Waals surface area contributed by atoms with Crippen molar-refractivity contribution in [3.05, 3.63) is 83.0 Å². The van der Waals surface area contributed by atoms with E-state index in [2.05, 4.69) is 83.0 Å². The summed E-state index contributed by atoms with van der Waals surface area (Å²) in [6.45, 7) is 12.1. The maximum Gasteiger partial charge on any atom is 0.229 e. The highest BCUT2D eigenvalue weighted by Gasteiger charge is 2.45. The van der Waals surface area contributed by atoms with E-state index in [9.17, 15) is 4.79 Å². The quantitative estimate of drug-likeness (QED) is 0.201. The highest BCUT2D eigenvalue weighted by atomic mass is 35.5. The van der Waals surface area contributed by atoms with Crippen molar-refractivity contribution in [3.63, 3.8) is 0 Å². The van der Waals surface area contributed by atoms with Gasteiger partial charge in [-0.05, 0) is 78.6 Å². The number of rotatable bonds is 8. The van der Waals surface area contributed by atoms with E-state index >= 15 is 0 Å². The monoisotopic (exact) mass is 628 g/mol. The number of nitrogens with zero attached hydrogens (tertiary/aromatic N) is 5. The van der Waals surface area contributed by atoms with Crippen LogP contribution in [0, 0.1) is 5.92 Å². The highest BCUT2D eigenvalue weighted by Crippen LogP contribution is 2.48. The predicted molar refractivity (Wildman–Crippen MR) is 177 cm³/mol.